The first kappa shape index (κ1) is 17.9. The van der Waals surface area contributed by atoms with Crippen molar-refractivity contribution in [3.8, 4) is 0 Å². The summed E-state index contributed by atoms with van der Waals surface area (Å²) < 4.78 is 12.1. The van der Waals surface area contributed by atoms with Gasteiger partial charge in [0.15, 0.2) is 0 Å². The lowest BCUT2D eigenvalue weighted by atomic mass is 10.1. The van der Waals surface area contributed by atoms with Gasteiger partial charge in [0.2, 0.25) is 0 Å². The zero-order chi connectivity index (χ0) is 10.6. The predicted molar refractivity (Wildman–Crippen MR) is 57.3 cm³/mol. The Kier molecular flexibility index (Phi) is 25.5. The number of hydrogen-bond donors (Lipinski definition) is 0. The van der Waals surface area contributed by atoms with Gasteiger partial charge in [-0.15, -0.1) is 0 Å². The molecule has 0 heterocycles. The van der Waals surface area contributed by atoms with Gasteiger partial charge in [-0.25, -0.2) is 4.39 Å². The van der Waals surface area contributed by atoms with Crippen LogP contribution in [0.1, 0.15) is 61.3 Å². The van der Waals surface area contributed by atoms with Crippen molar-refractivity contribution in [3.63, 3.8) is 0 Å². The standard InChI is InChI=1S/C7H15F.2C2H6/c1-6(2)4-5-7(3)8;2*1-2/h6-7H,4-5H2,1-3H3;2*1-2H3. The first-order valence-corrected chi connectivity index (χ1v) is 5.27. The van der Waals surface area contributed by atoms with Crippen molar-refractivity contribution in [1.29, 1.82) is 0 Å². The summed E-state index contributed by atoms with van der Waals surface area (Å²) in [5.74, 6) is 0.646. The summed E-state index contributed by atoms with van der Waals surface area (Å²) in [4.78, 5) is 0. The lowest BCUT2D eigenvalue weighted by molar-refractivity contribution is 0.318. The SMILES string of the molecule is CC.CC.CC(C)CCC(C)F. The van der Waals surface area contributed by atoms with Crippen molar-refractivity contribution in [1.82, 2.24) is 0 Å². The zero-order valence-electron chi connectivity index (χ0n) is 9.95. The molecule has 0 N–H and O–H groups in total. The maximum Gasteiger partial charge on any atom is 0.0973 e. The Morgan fingerprint density at radius 3 is 1.25 bits per heavy atom. The molecule has 78 valence electrons. The van der Waals surface area contributed by atoms with Crippen molar-refractivity contribution in [2.75, 3.05) is 0 Å². The Hall–Kier alpha value is -0.0700. The molecule has 1 atom stereocenters. The van der Waals surface area contributed by atoms with Gasteiger partial charge in [0.1, 0.15) is 0 Å². The second kappa shape index (κ2) is 17.1. The minimum Gasteiger partial charge on any atom is -0.248 e. The minimum atomic E-state index is -0.614. The van der Waals surface area contributed by atoms with E-state index in [4.69, 9.17) is 0 Å². The average molecular weight is 178 g/mol. The fourth-order valence-corrected chi connectivity index (χ4v) is 0.563. The van der Waals surface area contributed by atoms with Crippen LogP contribution in [-0.4, -0.2) is 6.17 Å². The van der Waals surface area contributed by atoms with E-state index in [-0.39, 0.29) is 0 Å². The second-order valence-corrected chi connectivity index (χ2v) is 2.75. The third-order valence-corrected chi connectivity index (χ3v) is 1.14. The van der Waals surface area contributed by atoms with E-state index >= 15 is 0 Å². The van der Waals surface area contributed by atoms with Crippen LogP contribution in [0.4, 0.5) is 4.39 Å². The molecule has 0 aliphatic heterocycles. The second-order valence-electron chi connectivity index (χ2n) is 2.75. The summed E-state index contributed by atoms with van der Waals surface area (Å²) in [6, 6.07) is 0. The highest BCUT2D eigenvalue weighted by Crippen LogP contribution is 2.07. The van der Waals surface area contributed by atoms with Crippen LogP contribution < -0.4 is 0 Å². The van der Waals surface area contributed by atoms with Crippen LogP contribution >= 0.6 is 0 Å². The largest absolute Gasteiger partial charge is 0.248 e. The van der Waals surface area contributed by atoms with Crippen LogP contribution in [0.3, 0.4) is 0 Å². The summed E-state index contributed by atoms with van der Waals surface area (Å²) in [6.07, 6.45) is 1.12. The summed E-state index contributed by atoms with van der Waals surface area (Å²) in [6.45, 7) is 13.8. The first-order chi connectivity index (χ1) is 5.63. The number of hydrogen-bond acceptors (Lipinski definition) is 0. The molecule has 0 amide bonds. The highest BCUT2D eigenvalue weighted by atomic mass is 19.1. The molecule has 1 unspecified atom stereocenters. The molecule has 0 saturated carbocycles. The molecule has 0 aliphatic carbocycles. The van der Waals surface area contributed by atoms with Crippen LogP contribution in [0, 0.1) is 5.92 Å². The Morgan fingerprint density at radius 2 is 1.17 bits per heavy atom. The molecular weight excluding hydrogens is 151 g/mol. The molecule has 0 nitrogen and oxygen atoms in total. The molecular formula is C11H27F. The smallest absolute Gasteiger partial charge is 0.0973 e. The molecule has 0 rings (SSSR count). The van der Waals surface area contributed by atoms with Gasteiger partial charge < -0.3 is 0 Å². The highest BCUT2D eigenvalue weighted by molar-refractivity contribution is 4.50. The van der Waals surface area contributed by atoms with Gasteiger partial charge in [0.25, 0.3) is 0 Å². The summed E-state index contributed by atoms with van der Waals surface area (Å²) in [7, 11) is 0. The van der Waals surface area contributed by atoms with E-state index in [0.717, 1.165) is 12.8 Å². The van der Waals surface area contributed by atoms with Crippen LogP contribution in [0.5, 0.6) is 0 Å². The lowest BCUT2D eigenvalue weighted by Gasteiger charge is -2.03. The van der Waals surface area contributed by atoms with Gasteiger partial charge >= 0.3 is 0 Å². The molecule has 0 fully saturated rings. The highest BCUT2D eigenvalue weighted by Gasteiger charge is 1.98. The van der Waals surface area contributed by atoms with Crippen molar-refractivity contribution in [2.24, 2.45) is 5.92 Å². The van der Waals surface area contributed by atoms with E-state index in [2.05, 4.69) is 13.8 Å². The molecule has 0 spiro atoms. The summed E-state index contributed by atoms with van der Waals surface area (Å²) in [5, 5.41) is 0. The molecule has 0 aromatic rings. The van der Waals surface area contributed by atoms with Crippen molar-refractivity contribution in [3.05, 3.63) is 0 Å². The molecule has 0 aliphatic rings. The lowest BCUT2D eigenvalue weighted by Crippen LogP contribution is -1.95. The molecule has 0 radical (unpaired) electrons. The predicted octanol–water partition coefficient (Wildman–Crippen LogP) is 4.83. The molecule has 0 aromatic heterocycles. The van der Waals surface area contributed by atoms with Crippen LogP contribution in [0.15, 0.2) is 0 Å². The van der Waals surface area contributed by atoms with Gasteiger partial charge in [0.05, 0.1) is 6.17 Å². The minimum absolute atomic E-state index is 0.614. The third-order valence-electron chi connectivity index (χ3n) is 1.14. The summed E-state index contributed by atoms with van der Waals surface area (Å²) in [5.41, 5.74) is 0. The maximum atomic E-state index is 12.1. The molecule has 0 aromatic carbocycles. The van der Waals surface area contributed by atoms with E-state index in [1.807, 2.05) is 27.7 Å². The third kappa shape index (κ3) is 32.6. The Labute approximate surface area is 78.6 Å². The van der Waals surface area contributed by atoms with Gasteiger partial charge in [-0.1, -0.05) is 41.5 Å². The van der Waals surface area contributed by atoms with Crippen LogP contribution in [-0.2, 0) is 0 Å². The number of rotatable bonds is 3. The van der Waals surface area contributed by atoms with E-state index in [9.17, 15) is 4.39 Å². The Bertz CT molecular complexity index is 41.0. The van der Waals surface area contributed by atoms with E-state index in [1.165, 1.54) is 0 Å². The van der Waals surface area contributed by atoms with Gasteiger partial charge in [-0.05, 0) is 25.7 Å². The fraction of sp³-hybridized carbons (Fsp3) is 1.00. The maximum absolute atomic E-state index is 12.1. The number of alkyl halides is 1. The Balaban J connectivity index is -0.000000175. The van der Waals surface area contributed by atoms with Crippen molar-refractivity contribution in [2.45, 2.75) is 67.5 Å². The fourth-order valence-electron chi connectivity index (χ4n) is 0.563. The average Bonchev–Trinajstić information content (AvgIpc) is 2.08. The topological polar surface area (TPSA) is 0 Å². The van der Waals surface area contributed by atoms with E-state index in [1.54, 1.807) is 6.92 Å². The van der Waals surface area contributed by atoms with Gasteiger partial charge in [0, 0.05) is 0 Å². The molecule has 12 heavy (non-hydrogen) atoms. The zero-order valence-corrected chi connectivity index (χ0v) is 9.95. The van der Waals surface area contributed by atoms with Crippen LogP contribution in [0.2, 0.25) is 0 Å². The summed E-state index contributed by atoms with van der Waals surface area (Å²) >= 11 is 0. The van der Waals surface area contributed by atoms with Crippen molar-refractivity contribution < 1.29 is 4.39 Å². The van der Waals surface area contributed by atoms with Crippen molar-refractivity contribution >= 4 is 0 Å². The monoisotopic (exact) mass is 178 g/mol. The van der Waals surface area contributed by atoms with E-state index < -0.39 is 6.17 Å². The molecule has 0 saturated heterocycles. The van der Waals surface area contributed by atoms with Gasteiger partial charge in [-0.3, -0.25) is 0 Å². The van der Waals surface area contributed by atoms with Gasteiger partial charge in [-0.2, -0.15) is 0 Å². The van der Waals surface area contributed by atoms with E-state index in [0.29, 0.717) is 5.92 Å². The Morgan fingerprint density at radius 1 is 0.833 bits per heavy atom. The first-order valence-electron chi connectivity index (χ1n) is 5.27. The molecule has 1 heteroatoms. The van der Waals surface area contributed by atoms with Crippen LogP contribution in [0.25, 0.3) is 0 Å². The number of halogens is 1. The molecule has 0 bridgehead atoms. The normalized spacial score (nSPS) is 10.8. The quantitative estimate of drug-likeness (QED) is 0.580.